The van der Waals surface area contributed by atoms with Crippen LogP contribution in [0.1, 0.15) is 23.1 Å². The van der Waals surface area contributed by atoms with Crippen LogP contribution in [0.5, 0.6) is 0 Å². The maximum atomic E-state index is 12.6. The van der Waals surface area contributed by atoms with Crippen LogP contribution < -0.4 is 10.2 Å². The van der Waals surface area contributed by atoms with E-state index in [1.165, 1.54) is 11.7 Å². The summed E-state index contributed by atoms with van der Waals surface area (Å²) in [6, 6.07) is 16.8. The number of amides is 1. The molecule has 1 aliphatic rings. The van der Waals surface area contributed by atoms with E-state index in [1.807, 2.05) is 54.6 Å². The molecule has 0 aliphatic carbocycles. The highest BCUT2D eigenvalue weighted by atomic mass is 16.5. The van der Waals surface area contributed by atoms with Crippen LogP contribution in [-0.4, -0.2) is 59.3 Å². The molecule has 2 aromatic carbocycles. The maximum Gasteiger partial charge on any atom is 0.361 e. The molecule has 3 aromatic rings. The smallest absolute Gasteiger partial charge is 0.361 e. The molecule has 9 nitrogen and oxygen atoms in total. The molecular formula is C23H25N5O4. The molecular weight excluding hydrogens is 410 g/mol. The van der Waals surface area contributed by atoms with Crippen LogP contribution in [0.15, 0.2) is 54.6 Å². The number of esters is 1. The molecule has 1 aliphatic heterocycles. The van der Waals surface area contributed by atoms with Gasteiger partial charge in [-0.3, -0.25) is 4.79 Å². The lowest BCUT2D eigenvalue weighted by atomic mass is 10.2. The third-order valence-corrected chi connectivity index (χ3v) is 5.13. The van der Waals surface area contributed by atoms with Crippen LogP contribution >= 0.6 is 0 Å². The van der Waals surface area contributed by atoms with E-state index >= 15 is 0 Å². The Labute approximate surface area is 185 Å². The number of aryl methyl sites for hydroxylation is 1. The highest BCUT2D eigenvalue weighted by molar-refractivity contribution is 5.97. The van der Waals surface area contributed by atoms with Crippen molar-refractivity contribution in [3.05, 3.63) is 66.0 Å². The Morgan fingerprint density at radius 1 is 1.00 bits per heavy atom. The summed E-state index contributed by atoms with van der Waals surface area (Å²) >= 11 is 0. The third kappa shape index (κ3) is 4.94. The van der Waals surface area contributed by atoms with Crippen LogP contribution in [0.25, 0.3) is 5.69 Å². The molecule has 1 atom stereocenters. The fourth-order valence-electron chi connectivity index (χ4n) is 3.34. The van der Waals surface area contributed by atoms with Crippen LogP contribution in [0.2, 0.25) is 0 Å². The van der Waals surface area contributed by atoms with Gasteiger partial charge in [0, 0.05) is 24.5 Å². The Balaban J connectivity index is 1.35. The van der Waals surface area contributed by atoms with E-state index in [4.69, 9.17) is 9.47 Å². The summed E-state index contributed by atoms with van der Waals surface area (Å²) in [7, 11) is 0. The zero-order chi connectivity index (χ0) is 22.5. The number of morpholine rings is 1. The Morgan fingerprint density at radius 3 is 2.38 bits per heavy atom. The van der Waals surface area contributed by atoms with Gasteiger partial charge >= 0.3 is 5.97 Å². The largest absolute Gasteiger partial charge is 0.448 e. The summed E-state index contributed by atoms with van der Waals surface area (Å²) in [5, 5.41) is 11.3. The van der Waals surface area contributed by atoms with E-state index in [1.54, 1.807) is 6.92 Å². The van der Waals surface area contributed by atoms with Crippen LogP contribution in [0.4, 0.5) is 11.4 Å². The zero-order valence-corrected chi connectivity index (χ0v) is 18.0. The van der Waals surface area contributed by atoms with Crippen molar-refractivity contribution < 1.29 is 19.1 Å². The van der Waals surface area contributed by atoms with E-state index in [0.717, 1.165) is 24.5 Å². The highest BCUT2D eigenvalue weighted by Crippen LogP contribution is 2.19. The molecule has 0 spiro atoms. The molecule has 1 fully saturated rings. The summed E-state index contributed by atoms with van der Waals surface area (Å²) in [5.41, 5.74) is 2.92. The molecule has 9 heteroatoms. The van der Waals surface area contributed by atoms with Gasteiger partial charge in [0.15, 0.2) is 11.8 Å². The van der Waals surface area contributed by atoms with Crippen molar-refractivity contribution in [1.82, 2.24) is 15.0 Å². The summed E-state index contributed by atoms with van der Waals surface area (Å²) in [6.07, 6.45) is -0.998. The Kier molecular flexibility index (Phi) is 6.46. The van der Waals surface area contributed by atoms with Crippen LogP contribution in [-0.2, 0) is 14.3 Å². The number of carbonyl (C=O) groups is 2. The Bertz CT molecular complexity index is 1080. The number of nitrogens with one attached hydrogen (secondary N) is 1. The number of ether oxygens (including phenoxy) is 2. The van der Waals surface area contributed by atoms with Crippen molar-refractivity contribution in [3.8, 4) is 5.69 Å². The topological polar surface area (TPSA) is 98.6 Å². The number of nitrogens with zero attached hydrogens (tertiary/aromatic N) is 4. The monoisotopic (exact) mass is 435 g/mol. The lowest BCUT2D eigenvalue weighted by Crippen LogP contribution is -2.36. The van der Waals surface area contributed by atoms with E-state index in [-0.39, 0.29) is 5.69 Å². The number of hydrogen-bond donors (Lipinski definition) is 1. The molecule has 4 rings (SSSR count). The predicted molar refractivity (Wildman–Crippen MR) is 119 cm³/mol. The summed E-state index contributed by atoms with van der Waals surface area (Å²) in [4.78, 5) is 28.7. The minimum Gasteiger partial charge on any atom is -0.448 e. The summed E-state index contributed by atoms with van der Waals surface area (Å²) < 4.78 is 10.7. The molecule has 32 heavy (non-hydrogen) atoms. The first kappa shape index (κ1) is 21.5. The van der Waals surface area contributed by atoms with Gasteiger partial charge in [-0.2, -0.15) is 9.90 Å². The minimum absolute atomic E-state index is 0.0726. The normalized spacial score (nSPS) is 14.6. The number of anilines is 2. The first-order valence-electron chi connectivity index (χ1n) is 10.5. The highest BCUT2D eigenvalue weighted by Gasteiger charge is 2.24. The molecule has 1 unspecified atom stereocenters. The second-order valence-corrected chi connectivity index (χ2v) is 7.44. The van der Waals surface area contributed by atoms with Crippen molar-refractivity contribution in [2.24, 2.45) is 0 Å². The van der Waals surface area contributed by atoms with Gasteiger partial charge in [0.25, 0.3) is 5.91 Å². The van der Waals surface area contributed by atoms with Gasteiger partial charge in [-0.25, -0.2) is 4.79 Å². The number of para-hydroxylation sites is 1. The first-order chi connectivity index (χ1) is 15.5. The average molecular weight is 435 g/mol. The van der Waals surface area contributed by atoms with Crippen molar-refractivity contribution >= 4 is 23.3 Å². The fraction of sp³-hybridized carbons (Fsp3) is 0.304. The molecule has 2 heterocycles. The predicted octanol–water partition coefficient (Wildman–Crippen LogP) is 2.60. The summed E-state index contributed by atoms with van der Waals surface area (Å²) in [5.74, 6) is -1.12. The van der Waals surface area contributed by atoms with Gasteiger partial charge in [0.1, 0.15) is 0 Å². The second-order valence-electron chi connectivity index (χ2n) is 7.44. The molecule has 1 saturated heterocycles. The summed E-state index contributed by atoms with van der Waals surface area (Å²) in [6.45, 7) is 6.29. The molecule has 1 N–H and O–H groups in total. The van der Waals surface area contributed by atoms with E-state index in [2.05, 4.69) is 20.4 Å². The van der Waals surface area contributed by atoms with Crippen molar-refractivity contribution in [2.45, 2.75) is 20.0 Å². The van der Waals surface area contributed by atoms with Gasteiger partial charge in [-0.05, 0) is 50.2 Å². The van der Waals surface area contributed by atoms with Gasteiger partial charge in [-0.15, -0.1) is 5.10 Å². The van der Waals surface area contributed by atoms with Gasteiger partial charge in [0.2, 0.25) is 0 Å². The number of carbonyl (C=O) groups excluding carboxylic acids is 2. The molecule has 0 radical (unpaired) electrons. The quantitative estimate of drug-likeness (QED) is 0.594. The molecule has 1 aromatic heterocycles. The lowest BCUT2D eigenvalue weighted by molar-refractivity contribution is -0.123. The lowest BCUT2D eigenvalue weighted by Gasteiger charge is -2.28. The number of hydrogen-bond acceptors (Lipinski definition) is 7. The number of aromatic nitrogens is 3. The van der Waals surface area contributed by atoms with Crippen LogP contribution in [0.3, 0.4) is 0 Å². The second kappa shape index (κ2) is 9.61. The van der Waals surface area contributed by atoms with Gasteiger partial charge in [-0.1, -0.05) is 18.2 Å². The fourth-order valence-corrected chi connectivity index (χ4v) is 3.34. The van der Waals surface area contributed by atoms with Gasteiger partial charge < -0.3 is 19.7 Å². The van der Waals surface area contributed by atoms with E-state index in [0.29, 0.717) is 24.6 Å². The van der Waals surface area contributed by atoms with Crippen molar-refractivity contribution in [1.29, 1.82) is 0 Å². The Hall–Kier alpha value is -3.72. The van der Waals surface area contributed by atoms with E-state index < -0.39 is 18.0 Å². The van der Waals surface area contributed by atoms with Crippen molar-refractivity contribution in [3.63, 3.8) is 0 Å². The number of benzene rings is 2. The molecule has 1 amide bonds. The van der Waals surface area contributed by atoms with Gasteiger partial charge in [0.05, 0.1) is 24.6 Å². The number of rotatable bonds is 6. The standard InChI is InChI=1S/C23H25N5O4/c1-16-21(26-28(25-16)20-6-4-3-5-7-20)23(30)32-17(2)22(29)24-18-8-10-19(11-9-18)27-12-14-31-15-13-27/h3-11,17H,12-15H2,1-2H3,(H,24,29). The third-order valence-electron chi connectivity index (χ3n) is 5.13. The Morgan fingerprint density at radius 2 is 1.69 bits per heavy atom. The first-order valence-corrected chi connectivity index (χ1v) is 10.5. The van der Waals surface area contributed by atoms with Crippen LogP contribution in [0, 0.1) is 6.92 Å². The SMILES string of the molecule is Cc1nn(-c2ccccc2)nc1C(=O)OC(C)C(=O)Nc1ccc(N2CCOCC2)cc1. The zero-order valence-electron chi connectivity index (χ0n) is 18.0. The molecule has 166 valence electrons. The average Bonchev–Trinajstić information content (AvgIpc) is 3.22. The minimum atomic E-state index is -0.998. The molecule has 0 bridgehead atoms. The van der Waals surface area contributed by atoms with Crippen molar-refractivity contribution in [2.75, 3.05) is 36.5 Å². The van der Waals surface area contributed by atoms with E-state index in [9.17, 15) is 9.59 Å². The maximum absolute atomic E-state index is 12.6. The molecule has 0 saturated carbocycles.